The van der Waals surface area contributed by atoms with Gasteiger partial charge in [-0.1, -0.05) is 43.1 Å². The fourth-order valence-corrected chi connectivity index (χ4v) is 2.69. The molecule has 0 N–H and O–H groups in total. The minimum atomic E-state index is 0.403. The maximum Gasteiger partial charge on any atom is 0.138 e. The summed E-state index contributed by atoms with van der Waals surface area (Å²) in [7, 11) is 0. The summed E-state index contributed by atoms with van der Waals surface area (Å²) in [6.07, 6.45) is 1.44. The largest absolute Gasteiger partial charge is 0.491 e. The van der Waals surface area contributed by atoms with E-state index in [1.54, 1.807) is 12.1 Å². The van der Waals surface area contributed by atoms with Gasteiger partial charge >= 0.3 is 0 Å². The van der Waals surface area contributed by atoms with Gasteiger partial charge < -0.3 is 9.47 Å². The number of ether oxygens (including phenoxy) is 2. The highest BCUT2D eigenvalue weighted by Gasteiger charge is 2.11. The van der Waals surface area contributed by atoms with E-state index < -0.39 is 0 Å². The van der Waals surface area contributed by atoms with Crippen molar-refractivity contribution in [2.75, 3.05) is 39.5 Å². The Balaban J connectivity index is 0.00000109. The van der Waals surface area contributed by atoms with Crippen molar-refractivity contribution in [3.8, 4) is 17.0 Å². The number of hydrogen-bond acceptors (Lipinski definition) is 5. The van der Waals surface area contributed by atoms with Crippen LogP contribution in [0.25, 0.3) is 11.3 Å². The molecule has 2 heterocycles. The molecule has 5 nitrogen and oxygen atoms in total. The highest BCUT2D eigenvalue weighted by molar-refractivity contribution is 6.32. The van der Waals surface area contributed by atoms with Crippen LogP contribution in [0, 0.1) is 0 Å². The predicted octanol–water partition coefficient (Wildman–Crippen LogP) is 4.19. The molecule has 3 rings (SSSR count). The first-order valence-corrected chi connectivity index (χ1v) is 9.18. The molecule has 1 saturated heterocycles. The van der Waals surface area contributed by atoms with Gasteiger partial charge in [0.2, 0.25) is 0 Å². The highest BCUT2D eigenvalue weighted by atomic mass is 35.5. The number of hydrogen-bond donors (Lipinski definition) is 0. The summed E-state index contributed by atoms with van der Waals surface area (Å²) >= 11 is 12.1. The average molecular weight is 384 g/mol. The van der Waals surface area contributed by atoms with Gasteiger partial charge in [0, 0.05) is 31.3 Å². The van der Waals surface area contributed by atoms with Crippen LogP contribution in [-0.2, 0) is 4.74 Å². The summed E-state index contributed by atoms with van der Waals surface area (Å²) in [6, 6.07) is 7.27. The van der Waals surface area contributed by atoms with Gasteiger partial charge in [-0.2, -0.15) is 0 Å². The van der Waals surface area contributed by atoms with Crippen LogP contribution >= 0.6 is 23.2 Å². The maximum atomic E-state index is 6.22. The Kier molecular flexibility index (Phi) is 8.41. The van der Waals surface area contributed by atoms with Gasteiger partial charge in [-0.05, 0) is 12.1 Å². The molecular formula is C18H23Cl2N3O2. The number of aromatic nitrogens is 2. The van der Waals surface area contributed by atoms with E-state index in [2.05, 4.69) is 14.9 Å². The molecule has 0 saturated carbocycles. The van der Waals surface area contributed by atoms with Gasteiger partial charge in [0.05, 0.1) is 23.9 Å². The molecular weight excluding hydrogens is 361 g/mol. The first-order chi connectivity index (χ1) is 12.2. The lowest BCUT2D eigenvalue weighted by atomic mass is 10.1. The third-order valence-corrected chi connectivity index (χ3v) is 4.15. The summed E-state index contributed by atoms with van der Waals surface area (Å²) in [5, 5.41) is 0.982. The van der Waals surface area contributed by atoms with Crippen LogP contribution in [0.15, 0.2) is 30.6 Å². The standard InChI is InChI=1S/C16H17Cl2N3O2.C2H6/c17-13-2-1-12(14-10-16(18)20-11-19-14)9-15(13)23-8-5-21-3-6-22-7-4-21;1-2/h1-2,9-11H,3-8H2;1-2H3. The summed E-state index contributed by atoms with van der Waals surface area (Å²) in [5.41, 5.74) is 1.62. The summed E-state index contributed by atoms with van der Waals surface area (Å²) in [4.78, 5) is 10.4. The zero-order chi connectivity index (χ0) is 18.1. The number of benzene rings is 1. The van der Waals surface area contributed by atoms with Crippen molar-refractivity contribution in [2.45, 2.75) is 13.8 Å². The SMILES string of the molecule is CC.Clc1cc(-c2ccc(Cl)c(OCCN3CCOCC3)c2)ncn1. The third kappa shape index (κ3) is 6.12. The summed E-state index contributed by atoms with van der Waals surface area (Å²) < 4.78 is 11.2. The molecule has 0 unspecified atom stereocenters. The fraction of sp³-hybridized carbons (Fsp3) is 0.444. The van der Waals surface area contributed by atoms with Crippen LogP contribution in [0.5, 0.6) is 5.75 Å². The lowest BCUT2D eigenvalue weighted by molar-refractivity contribution is 0.0322. The Morgan fingerprint density at radius 2 is 1.88 bits per heavy atom. The van der Waals surface area contributed by atoms with E-state index in [1.165, 1.54) is 6.33 Å². The Morgan fingerprint density at radius 1 is 1.12 bits per heavy atom. The first kappa shape index (κ1) is 19.9. The summed E-state index contributed by atoms with van der Waals surface area (Å²) in [6.45, 7) is 8.87. The molecule has 0 aliphatic carbocycles. The zero-order valence-corrected chi connectivity index (χ0v) is 16.1. The zero-order valence-electron chi connectivity index (χ0n) is 14.5. The van der Waals surface area contributed by atoms with Gasteiger partial charge in [-0.25, -0.2) is 9.97 Å². The molecule has 0 spiro atoms. The van der Waals surface area contributed by atoms with E-state index in [0.717, 1.165) is 44.1 Å². The minimum Gasteiger partial charge on any atom is -0.491 e. The van der Waals surface area contributed by atoms with Crippen LogP contribution in [-0.4, -0.2) is 54.3 Å². The molecule has 0 radical (unpaired) electrons. The number of morpholine rings is 1. The lowest BCUT2D eigenvalue weighted by Gasteiger charge is -2.26. The third-order valence-electron chi connectivity index (χ3n) is 3.63. The Labute approximate surface area is 158 Å². The molecule has 1 fully saturated rings. The van der Waals surface area contributed by atoms with Crippen molar-refractivity contribution in [1.29, 1.82) is 0 Å². The van der Waals surface area contributed by atoms with Gasteiger partial charge in [-0.15, -0.1) is 0 Å². The normalized spacial score (nSPS) is 14.6. The minimum absolute atomic E-state index is 0.403. The second kappa shape index (κ2) is 10.6. The Hall–Kier alpha value is -1.40. The maximum absolute atomic E-state index is 6.22. The van der Waals surface area contributed by atoms with E-state index in [0.29, 0.717) is 22.5 Å². The number of halogens is 2. The molecule has 1 aromatic heterocycles. The first-order valence-electron chi connectivity index (χ1n) is 8.43. The van der Waals surface area contributed by atoms with E-state index in [1.807, 2.05) is 26.0 Å². The molecule has 136 valence electrons. The van der Waals surface area contributed by atoms with Crippen molar-refractivity contribution in [3.05, 3.63) is 40.8 Å². The molecule has 1 aliphatic heterocycles. The highest BCUT2D eigenvalue weighted by Crippen LogP contribution is 2.30. The monoisotopic (exact) mass is 383 g/mol. The predicted molar refractivity (Wildman–Crippen MR) is 102 cm³/mol. The molecule has 0 atom stereocenters. The summed E-state index contributed by atoms with van der Waals surface area (Å²) in [5.74, 6) is 0.646. The number of nitrogens with zero attached hydrogens (tertiary/aromatic N) is 3. The second-order valence-corrected chi connectivity index (χ2v) is 5.97. The number of rotatable bonds is 5. The van der Waals surface area contributed by atoms with Gasteiger partial charge in [0.15, 0.2) is 0 Å². The van der Waals surface area contributed by atoms with Crippen molar-refractivity contribution in [2.24, 2.45) is 0 Å². The van der Waals surface area contributed by atoms with Crippen LogP contribution in [0.3, 0.4) is 0 Å². The molecule has 25 heavy (non-hydrogen) atoms. The van der Waals surface area contributed by atoms with Crippen molar-refractivity contribution < 1.29 is 9.47 Å². The second-order valence-electron chi connectivity index (χ2n) is 5.17. The van der Waals surface area contributed by atoms with Crippen molar-refractivity contribution in [1.82, 2.24) is 14.9 Å². The topological polar surface area (TPSA) is 47.5 Å². The van der Waals surface area contributed by atoms with E-state index >= 15 is 0 Å². The van der Waals surface area contributed by atoms with Crippen molar-refractivity contribution in [3.63, 3.8) is 0 Å². The molecule has 1 aliphatic rings. The Bertz CT molecular complexity index is 665. The van der Waals surface area contributed by atoms with Gasteiger partial charge in [0.25, 0.3) is 0 Å². The fourth-order valence-electron chi connectivity index (χ4n) is 2.37. The van der Waals surface area contributed by atoms with Gasteiger partial charge in [-0.3, -0.25) is 4.90 Å². The molecule has 0 amide bonds. The van der Waals surface area contributed by atoms with E-state index in [9.17, 15) is 0 Å². The Morgan fingerprint density at radius 3 is 2.60 bits per heavy atom. The van der Waals surface area contributed by atoms with Crippen LogP contribution in [0.4, 0.5) is 0 Å². The molecule has 1 aromatic carbocycles. The molecule has 0 bridgehead atoms. The van der Waals surface area contributed by atoms with Crippen LogP contribution in [0.1, 0.15) is 13.8 Å². The van der Waals surface area contributed by atoms with Crippen LogP contribution < -0.4 is 4.74 Å². The average Bonchev–Trinajstić information content (AvgIpc) is 2.66. The lowest BCUT2D eigenvalue weighted by Crippen LogP contribution is -2.38. The van der Waals surface area contributed by atoms with Crippen molar-refractivity contribution >= 4 is 23.2 Å². The molecule has 2 aromatic rings. The molecule has 7 heteroatoms. The van der Waals surface area contributed by atoms with Gasteiger partial charge in [0.1, 0.15) is 23.8 Å². The van der Waals surface area contributed by atoms with E-state index in [-0.39, 0.29) is 0 Å². The van der Waals surface area contributed by atoms with E-state index in [4.69, 9.17) is 32.7 Å². The quantitative estimate of drug-likeness (QED) is 0.724. The van der Waals surface area contributed by atoms with Crippen LogP contribution in [0.2, 0.25) is 10.2 Å². The smallest absolute Gasteiger partial charge is 0.138 e.